The van der Waals surface area contributed by atoms with Crippen molar-refractivity contribution in [2.75, 3.05) is 0 Å². The van der Waals surface area contributed by atoms with Crippen LogP contribution >= 0.6 is 11.6 Å². The Balaban J connectivity index is 2.37. The van der Waals surface area contributed by atoms with E-state index in [2.05, 4.69) is 0 Å². The van der Waals surface area contributed by atoms with E-state index in [-0.39, 0.29) is 10.7 Å². The normalized spacial score (nSPS) is 11.4. The van der Waals surface area contributed by atoms with E-state index in [1.54, 1.807) is 6.07 Å². The van der Waals surface area contributed by atoms with Crippen molar-refractivity contribution in [3.8, 4) is 11.3 Å². The number of sulfonamides is 1. The molecule has 1 heterocycles. The molecule has 0 aliphatic rings. The molecule has 18 heavy (non-hydrogen) atoms. The summed E-state index contributed by atoms with van der Waals surface area (Å²) in [6, 6.07) is 8.78. The lowest BCUT2D eigenvalue weighted by atomic mass is 10.2. The Morgan fingerprint density at radius 3 is 2.17 bits per heavy atom. The lowest BCUT2D eigenvalue weighted by Gasteiger charge is -2.00. The molecule has 7 heteroatoms. The molecule has 0 saturated heterocycles. The van der Waals surface area contributed by atoms with Crippen LogP contribution in [0.4, 0.5) is 0 Å². The van der Waals surface area contributed by atoms with Crippen molar-refractivity contribution in [1.29, 1.82) is 0 Å². The van der Waals surface area contributed by atoms with E-state index in [4.69, 9.17) is 21.2 Å². The maximum absolute atomic E-state index is 11.1. The molecule has 0 saturated carbocycles. The number of primary sulfonamides is 1. The molecule has 0 spiro atoms. The highest BCUT2D eigenvalue weighted by Gasteiger charge is 2.11. The molecule has 1 aromatic carbocycles. The van der Waals surface area contributed by atoms with Crippen molar-refractivity contribution in [1.82, 2.24) is 0 Å². The second kappa shape index (κ2) is 4.56. The van der Waals surface area contributed by atoms with Gasteiger partial charge in [-0.2, -0.15) is 0 Å². The first kappa shape index (κ1) is 12.8. The fourth-order valence-electron chi connectivity index (χ4n) is 1.41. The monoisotopic (exact) mass is 285 g/mol. The van der Waals surface area contributed by atoms with Crippen LogP contribution in [0.15, 0.2) is 45.7 Å². The van der Waals surface area contributed by atoms with E-state index in [0.717, 1.165) is 0 Å². The maximum Gasteiger partial charge on any atom is 0.287 e. The molecule has 0 aliphatic heterocycles. The van der Waals surface area contributed by atoms with E-state index in [1.165, 1.54) is 30.3 Å². The van der Waals surface area contributed by atoms with Gasteiger partial charge in [-0.3, -0.25) is 4.79 Å². The van der Waals surface area contributed by atoms with Gasteiger partial charge in [0.2, 0.25) is 10.0 Å². The van der Waals surface area contributed by atoms with Crippen LogP contribution in [-0.4, -0.2) is 13.7 Å². The van der Waals surface area contributed by atoms with Gasteiger partial charge >= 0.3 is 0 Å². The first-order valence-corrected chi connectivity index (χ1v) is 6.73. The van der Waals surface area contributed by atoms with Crippen molar-refractivity contribution < 1.29 is 17.6 Å². The third kappa shape index (κ3) is 2.61. The molecule has 2 N–H and O–H groups in total. The zero-order valence-corrected chi connectivity index (χ0v) is 10.5. The van der Waals surface area contributed by atoms with Gasteiger partial charge in [0.25, 0.3) is 5.24 Å². The molecule has 2 rings (SSSR count). The van der Waals surface area contributed by atoms with Crippen molar-refractivity contribution in [3.05, 3.63) is 42.2 Å². The minimum absolute atomic E-state index is 0.00597. The molecule has 0 amide bonds. The van der Waals surface area contributed by atoms with Crippen molar-refractivity contribution >= 4 is 26.9 Å². The molecule has 0 unspecified atom stereocenters. The number of benzene rings is 1. The average Bonchev–Trinajstić information content (AvgIpc) is 2.77. The smallest absolute Gasteiger partial charge is 0.287 e. The first-order valence-electron chi connectivity index (χ1n) is 4.81. The molecular formula is C11H8ClNO4S. The summed E-state index contributed by atoms with van der Waals surface area (Å²) in [5.74, 6) is 0.446. The van der Waals surface area contributed by atoms with Gasteiger partial charge in [-0.25, -0.2) is 13.6 Å². The van der Waals surface area contributed by atoms with Crippen LogP contribution in [0, 0.1) is 0 Å². The number of furan rings is 1. The Hall–Kier alpha value is -1.63. The van der Waals surface area contributed by atoms with Gasteiger partial charge in [-0.05, 0) is 48.0 Å². The van der Waals surface area contributed by atoms with Gasteiger partial charge in [-0.1, -0.05) is 0 Å². The highest BCUT2D eigenvalue weighted by Crippen LogP contribution is 2.24. The van der Waals surface area contributed by atoms with Crippen molar-refractivity contribution in [2.45, 2.75) is 4.90 Å². The predicted molar refractivity (Wildman–Crippen MR) is 65.7 cm³/mol. The zero-order valence-electron chi connectivity index (χ0n) is 8.96. The third-order valence-corrected chi connectivity index (χ3v) is 3.38. The van der Waals surface area contributed by atoms with Gasteiger partial charge in [-0.15, -0.1) is 0 Å². The summed E-state index contributed by atoms with van der Waals surface area (Å²) in [7, 11) is -3.72. The van der Waals surface area contributed by atoms with Gasteiger partial charge in [0.05, 0.1) is 4.90 Å². The molecule has 0 fully saturated rings. The Morgan fingerprint density at radius 2 is 1.72 bits per heavy atom. The number of carbonyl (C=O) groups is 1. The highest BCUT2D eigenvalue weighted by molar-refractivity contribution is 7.89. The number of hydrogen-bond donors (Lipinski definition) is 1. The van der Waals surface area contributed by atoms with Crippen LogP contribution in [0.25, 0.3) is 11.3 Å². The van der Waals surface area contributed by atoms with Crippen LogP contribution in [0.1, 0.15) is 10.6 Å². The van der Waals surface area contributed by atoms with E-state index < -0.39 is 15.3 Å². The summed E-state index contributed by atoms with van der Waals surface area (Å²) >= 11 is 5.26. The van der Waals surface area contributed by atoms with Crippen LogP contribution in [0.5, 0.6) is 0 Å². The second-order valence-electron chi connectivity index (χ2n) is 3.51. The van der Waals surface area contributed by atoms with Gasteiger partial charge in [0.15, 0.2) is 5.76 Å². The number of halogens is 1. The quantitative estimate of drug-likeness (QED) is 0.873. The molecule has 1 aromatic heterocycles. The molecule has 0 radical (unpaired) electrons. The molecule has 5 nitrogen and oxygen atoms in total. The van der Waals surface area contributed by atoms with E-state index in [9.17, 15) is 13.2 Å². The summed E-state index contributed by atoms with van der Waals surface area (Å²) in [5, 5.41) is 4.28. The Morgan fingerprint density at radius 1 is 1.11 bits per heavy atom. The SMILES string of the molecule is NS(=O)(=O)c1ccc(-c2ccc(C(=O)Cl)o2)cc1. The summed E-state index contributed by atoms with van der Waals surface area (Å²) in [6.45, 7) is 0. The lowest BCUT2D eigenvalue weighted by Crippen LogP contribution is -2.11. The van der Waals surface area contributed by atoms with Gasteiger partial charge in [0, 0.05) is 5.56 Å². The highest BCUT2D eigenvalue weighted by atomic mass is 35.5. The third-order valence-electron chi connectivity index (χ3n) is 2.27. The average molecular weight is 286 g/mol. The van der Waals surface area contributed by atoms with Crippen LogP contribution < -0.4 is 5.14 Å². The molecule has 0 atom stereocenters. The topological polar surface area (TPSA) is 90.4 Å². The minimum atomic E-state index is -3.72. The summed E-state index contributed by atoms with van der Waals surface area (Å²) in [4.78, 5) is 10.9. The number of hydrogen-bond acceptors (Lipinski definition) is 4. The fourth-order valence-corrected chi connectivity index (χ4v) is 2.02. The van der Waals surface area contributed by atoms with E-state index in [1.807, 2.05) is 0 Å². The lowest BCUT2D eigenvalue weighted by molar-refractivity contribution is 0.105. The zero-order chi connectivity index (χ0) is 13.3. The van der Waals surface area contributed by atoms with Gasteiger partial charge in [0.1, 0.15) is 5.76 Å². The Labute approximate surface area is 108 Å². The fraction of sp³-hybridized carbons (Fsp3) is 0. The molecule has 2 aromatic rings. The van der Waals surface area contributed by atoms with Crippen LogP contribution in [-0.2, 0) is 10.0 Å². The summed E-state index contributed by atoms with van der Waals surface area (Å²) in [6.07, 6.45) is 0. The van der Waals surface area contributed by atoms with Crippen LogP contribution in [0.3, 0.4) is 0 Å². The molecule has 0 aliphatic carbocycles. The van der Waals surface area contributed by atoms with Gasteiger partial charge < -0.3 is 4.42 Å². The first-order chi connectivity index (χ1) is 8.38. The predicted octanol–water partition coefficient (Wildman–Crippen LogP) is 1.97. The summed E-state index contributed by atoms with van der Waals surface area (Å²) in [5.41, 5.74) is 0.617. The molecule has 94 valence electrons. The van der Waals surface area contributed by atoms with E-state index >= 15 is 0 Å². The van der Waals surface area contributed by atoms with Crippen molar-refractivity contribution in [3.63, 3.8) is 0 Å². The van der Waals surface area contributed by atoms with Crippen molar-refractivity contribution in [2.24, 2.45) is 5.14 Å². The maximum atomic E-state index is 11.1. The largest absolute Gasteiger partial charge is 0.452 e. The Kier molecular flexibility index (Phi) is 3.25. The van der Waals surface area contributed by atoms with Crippen LogP contribution in [0.2, 0.25) is 0 Å². The van der Waals surface area contributed by atoms with E-state index in [0.29, 0.717) is 11.3 Å². The minimum Gasteiger partial charge on any atom is -0.452 e. The summed E-state index contributed by atoms with van der Waals surface area (Å²) < 4.78 is 27.3. The second-order valence-corrected chi connectivity index (χ2v) is 5.41. The Bertz CT molecular complexity index is 688. The molecular weight excluding hydrogens is 278 g/mol. The standard InChI is InChI=1S/C11H8ClNO4S/c12-11(14)10-6-5-9(17-10)7-1-3-8(4-2-7)18(13,15)16/h1-6H,(H2,13,15,16). The number of nitrogens with two attached hydrogens (primary N) is 1. The number of rotatable bonds is 3. The number of carbonyl (C=O) groups excluding carboxylic acids is 1. The molecule has 0 bridgehead atoms.